The number of amides is 1. The molecule has 3 aromatic rings. The molecule has 0 unspecified atom stereocenters. The number of thiophene rings is 1. The number of alkyl halides is 2. The highest BCUT2D eigenvalue weighted by molar-refractivity contribution is 7.53. The standard InChI is InChI=1S/C17H13F2N4O4PS/c1-9(13-3-2-6-21-23-13)22-16(24)10-4-5-14-11(7-10)12(8-20)15(29-14)17(18,19)28(25,26)27/h2-7,9H,1H3,(H,22,24)(H2,25,26,27)/t9-/m1/s1. The molecule has 0 aliphatic carbocycles. The first-order valence-corrected chi connectivity index (χ1v) is 10.5. The van der Waals surface area contributed by atoms with Gasteiger partial charge in [0.1, 0.15) is 10.9 Å². The molecule has 1 amide bonds. The predicted molar refractivity (Wildman–Crippen MR) is 100 cm³/mol. The zero-order chi connectivity index (χ0) is 21.4. The summed E-state index contributed by atoms with van der Waals surface area (Å²) < 4.78 is 39.7. The minimum absolute atomic E-state index is 0.0143. The molecule has 0 saturated heterocycles. The molecule has 0 aliphatic rings. The molecule has 8 nitrogen and oxygen atoms in total. The topological polar surface area (TPSA) is 136 Å². The maximum atomic E-state index is 14.2. The van der Waals surface area contributed by atoms with Gasteiger partial charge in [-0.15, -0.1) is 11.3 Å². The number of aromatic nitrogens is 2. The largest absolute Gasteiger partial charge is 0.400 e. The van der Waals surface area contributed by atoms with Gasteiger partial charge in [0.15, 0.2) is 0 Å². The van der Waals surface area contributed by atoms with Crippen LogP contribution in [0.25, 0.3) is 10.1 Å². The number of carbonyl (C=O) groups excluding carboxylic acids is 1. The lowest BCUT2D eigenvalue weighted by Crippen LogP contribution is -2.27. The number of carbonyl (C=O) groups is 1. The van der Waals surface area contributed by atoms with E-state index in [1.54, 1.807) is 25.1 Å². The van der Waals surface area contributed by atoms with Crippen LogP contribution in [0.4, 0.5) is 8.78 Å². The second kappa shape index (κ2) is 7.57. The maximum Gasteiger partial charge on any atom is 0.400 e. The van der Waals surface area contributed by atoms with Gasteiger partial charge in [0.05, 0.1) is 17.3 Å². The van der Waals surface area contributed by atoms with E-state index < -0.39 is 35.6 Å². The summed E-state index contributed by atoms with van der Waals surface area (Å²) in [5, 5.41) is 19.6. The molecule has 0 radical (unpaired) electrons. The minimum atomic E-state index is -5.84. The Labute approximate surface area is 167 Å². The van der Waals surface area contributed by atoms with E-state index >= 15 is 0 Å². The fourth-order valence-electron chi connectivity index (χ4n) is 2.59. The second-order valence-corrected chi connectivity index (χ2v) is 8.76. The fourth-order valence-corrected chi connectivity index (χ4v) is 4.47. The van der Waals surface area contributed by atoms with Crippen LogP contribution in [0.5, 0.6) is 0 Å². The van der Waals surface area contributed by atoms with Crippen LogP contribution in [-0.2, 0) is 10.2 Å². The van der Waals surface area contributed by atoms with E-state index in [1.165, 1.54) is 24.4 Å². The van der Waals surface area contributed by atoms with Crippen molar-refractivity contribution in [2.45, 2.75) is 18.6 Å². The third-order valence-corrected chi connectivity index (χ3v) is 6.43. The van der Waals surface area contributed by atoms with Crippen molar-refractivity contribution < 1.29 is 27.9 Å². The Morgan fingerprint density at radius 3 is 2.69 bits per heavy atom. The molecule has 2 aromatic heterocycles. The van der Waals surface area contributed by atoms with Crippen molar-refractivity contribution in [1.82, 2.24) is 15.5 Å². The summed E-state index contributed by atoms with van der Waals surface area (Å²) in [6.07, 6.45) is 1.48. The highest BCUT2D eigenvalue weighted by atomic mass is 32.1. The number of hydrogen-bond donors (Lipinski definition) is 3. The molecule has 0 bridgehead atoms. The quantitative estimate of drug-likeness (QED) is 0.520. The Morgan fingerprint density at radius 2 is 2.10 bits per heavy atom. The second-order valence-electron chi connectivity index (χ2n) is 6.06. The van der Waals surface area contributed by atoms with Crippen LogP contribution in [0.2, 0.25) is 0 Å². The SMILES string of the molecule is C[C@@H](NC(=O)c1ccc2sc(C(F)(F)P(=O)(O)O)c(C#N)c2c1)c1cccnn1. The van der Waals surface area contributed by atoms with Gasteiger partial charge in [-0.05, 0) is 37.3 Å². The van der Waals surface area contributed by atoms with Crippen LogP contribution in [0.1, 0.15) is 39.5 Å². The van der Waals surface area contributed by atoms with E-state index in [0.717, 1.165) is 0 Å². The molecule has 3 rings (SSSR count). The lowest BCUT2D eigenvalue weighted by Gasteiger charge is -2.16. The summed E-state index contributed by atoms with van der Waals surface area (Å²) in [5.74, 6) is -0.538. The summed E-state index contributed by atoms with van der Waals surface area (Å²) in [7, 11) is -5.84. The highest BCUT2D eigenvalue weighted by Crippen LogP contribution is 2.62. The number of nitrogens with one attached hydrogen (secondary N) is 1. The molecule has 0 aliphatic heterocycles. The number of nitrogens with zero attached hydrogens (tertiary/aromatic N) is 3. The molecule has 1 atom stereocenters. The van der Waals surface area contributed by atoms with Crippen molar-refractivity contribution in [3.8, 4) is 6.07 Å². The van der Waals surface area contributed by atoms with Gasteiger partial charge in [0, 0.05) is 21.8 Å². The summed E-state index contributed by atoms with van der Waals surface area (Å²) in [4.78, 5) is 29.4. The zero-order valence-corrected chi connectivity index (χ0v) is 16.4. The Balaban J connectivity index is 1.99. The van der Waals surface area contributed by atoms with Gasteiger partial charge in [-0.1, -0.05) is 0 Å². The third kappa shape index (κ3) is 3.88. The van der Waals surface area contributed by atoms with Crippen LogP contribution < -0.4 is 5.32 Å². The average molecular weight is 438 g/mol. The van der Waals surface area contributed by atoms with Crippen molar-refractivity contribution in [2.24, 2.45) is 0 Å². The molecule has 2 heterocycles. The molecule has 0 saturated carbocycles. The predicted octanol–water partition coefficient (Wildman–Crippen LogP) is 3.28. The molecule has 12 heteroatoms. The fraction of sp³-hybridized carbons (Fsp3) is 0.176. The van der Waals surface area contributed by atoms with Gasteiger partial charge < -0.3 is 15.1 Å². The maximum absolute atomic E-state index is 14.2. The summed E-state index contributed by atoms with van der Waals surface area (Å²) >= 11 is 0.399. The van der Waals surface area contributed by atoms with Crippen molar-refractivity contribution in [3.63, 3.8) is 0 Å². The first kappa shape index (κ1) is 21.0. The summed E-state index contributed by atoms with van der Waals surface area (Å²) in [6.45, 7) is 1.68. The number of rotatable bonds is 5. The van der Waals surface area contributed by atoms with Crippen molar-refractivity contribution >= 4 is 34.9 Å². The molecular formula is C17H13F2N4O4PS. The van der Waals surface area contributed by atoms with Gasteiger partial charge in [-0.3, -0.25) is 9.36 Å². The molecule has 0 spiro atoms. The number of hydrogen-bond acceptors (Lipinski definition) is 6. The minimum Gasteiger partial charge on any atom is -0.344 e. The van der Waals surface area contributed by atoms with E-state index in [-0.39, 0.29) is 15.6 Å². The van der Waals surface area contributed by atoms with Crippen molar-refractivity contribution in [3.05, 3.63) is 58.2 Å². The van der Waals surface area contributed by atoms with E-state index in [9.17, 15) is 23.4 Å². The van der Waals surface area contributed by atoms with Crippen LogP contribution >= 0.6 is 18.9 Å². The Bertz CT molecular complexity index is 1170. The Kier molecular flexibility index (Phi) is 5.47. The van der Waals surface area contributed by atoms with Crippen molar-refractivity contribution in [2.75, 3.05) is 0 Å². The molecule has 1 aromatic carbocycles. The third-order valence-electron chi connectivity index (χ3n) is 4.09. The van der Waals surface area contributed by atoms with Gasteiger partial charge in [-0.2, -0.15) is 24.2 Å². The monoisotopic (exact) mass is 438 g/mol. The van der Waals surface area contributed by atoms with Gasteiger partial charge >= 0.3 is 13.3 Å². The summed E-state index contributed by atoms with van der Waals surface area (Å²) in [5.41, 5.74) is -4.48. The normalized spacial score (nSPS) is 13.1. The molecule has 3 N–H and O–H groups in total. The smallest absolute Gasteiger partial charge is 0.344 e. The molecule has 0 fully saturated rings. The van der Waals surface area contributed by atoms with E-state index in [1.807, 2.05) is 0 Å². The van der Waals surface area contributed by atoms with Crippen LogP contribution in [0, 0.1) is 11.3 Å². The number of benzene rings is 1. The lowest BCUT2D eigenvalue weighted by molar-refractivity contribution is 0.0599. The number of halogens is 2. The highest BCUT2D eigenvalue weighted by Gasteiger charge is 2.53. The average Bonchev–Trinajstić information content (AvgIpc) is 3.06. The van der Waals surface area contributed by atoms with Crippen LogP contribution in [0.15, 0.2) is 36.5 Å². The van der Waals surface area contributed by atoms with Crippen LogP contribution in [-0.4, -0.2) is 25.9 Å². The van der Waals surface area contributed by atoms with E-state index in [2.05, 4.69) is 15.5 Å². The summed E-state index contributed by atoms with van der Waals surface area (Å²) in [6, 6.07) is 8.37. The van der Waals surface area contributed by atoms with E-state index in [0.29, 0.717) is 17.0 Å². The van der Waals surface area contributed by atoms with Gasteiger partial charge in [0.2, 0.25) is 0 Å². The number of fused-ring (bicyclic) bond motifs is 1. The first-order chi connectivity index (χ1) is 13.6. The van der Waals surface area contributed by atoms with E-state index in [4.69, 9.17) is 9.79 Å². The van der Waals surface area contributed by atoms with Gasteiger partial charge in [-0.25, -0.2) is 0 Å². The molecule has 29 heavy (non-hydrogen) atoms. The Hall–Kier alpha value is -2.77. The molecule has 150 valence electrons. The zero-order valence-electron chi connectivity index (χ0n) is 14.7. The number of nitriles is 1. The lowest BCUT2D eigenvalue weighted by atomic mass is 10.1. The van der Waals surface area contributed by atoms with Gasteiger partial charge in [0.25, 0.3) is 5.91 Å². The van der Waals surface area contributed by atoms with Crippen LogP contribution in [0.3, 0.4) is 0 Å². The molecular weight excluding hydrogens is 425 g/mol. The Morgan fingerprint density at radius 1 is 1.38 bits per heavy atom. The van der Waals surface area contributed by atoms with Crippen molar-refractivity contribution in [1.29, 1.82) is 5.26 Å². The first-order valence-electron chi connectivity index (χ1n) is 8.05.